The average Bonchev–Trinajstić information content (AvgIpc) is 3.41. The number of aromatic nitrogens is 1. The second-order valence-electron chi connectivity index (χ2n) is 6.55. The highest BCUT2D eigenvalue weighted by Crippen LogP contribution is 2.33. The van der Waals surface area contributed by atoms with Crippen LogP contribution in [0.2, 0.25) is 0 Å². The summed E-state index contributed by atoms with van der Waals surface area (Å²) in [5, 5.41) is 2.92. The molecule has 3 rings (SSSR count). The van der Waals surface area contributed by atoms with Gasteiger partial charge in [-0.05, 0) is 44.2 Å². The first-order valence-electron chi connectivity index (χ1n) is 9.09. The molecule has 1 aromatic heterocycles. The van der Waals surface area contributed by atoms with Crippen molar-refractivity contribution in [1.82, 2.24) is 4.98 Å². The summed E-state index contributed by atoms with van der Waals surface area (Å²) >= 11 is 0. The Bertz CT molecular complexity index is 842. The predicted molar refractivity (Wildman–Crippen MR) is 97.7 cm³/mol. The first-order chi connectivity index (χ1) is 12.6. The van der Waals surface area contributed by atoms with Crippen molar-refractivity contribution in [3.05, 3.63) is 28.1 Å². The summed E-state index contributed by atoms with van der Waals surface area (Å²) in [5.74, 6) is 0.895. The number of carbonyl (C=O) groups excluding carboxylic acids is 1. The molecular weight excluding hydrogens is 336 g/mol. The summed E-state index contributed by atoms with van der Waals surface area (Å²) in [6.45, 7) is 4.20. The van der Waals surface area contributed by atoms with Crippen molar-refractivity contribution < 1.29 is 18.7 Å². The zero-order valence-electron chi connectivity index (χ0n) is 15.2. The van der Waals surface area contributed by atoms with Crippen molar-refractivity contribution in [3.63, 3.8) is 0 Å². The lowest BCUT2D eigenvalue weighted by atomic mass is 10.1. The fourth-order valence-electron chi connectivity index (χ4n) is 2.85. The molecule has 1 aliphatic carbocycles. The molecule has 7 nitrogen and oxygen atoms in total. The maximum absolute atomic E-state index is 12.3. The summed E-state index contributed by atoms with van der Waals surface area (Å²) in [6, 6.07) is 3.40. The van der Waals surface area contributed by atoms with E-state index in [1.54, 1.807) is 26.0 Å². The number of ether oxygens (including phenoxy) is 2. The monoisotopic (exact) mass is 360 g/mol. The molecule has 0 bridgehead atoms. The fourth-order valence-corrected chi connectivity index (χ4v) is 2.85. The molecule has 1 amide bonds. The van der Waals surface area contributed by atoms with Gasteiger partial charge in [0.25, 0.3) is 0 Å². The number of fused-ring (bicyclic) bond motifs is 1. The van der Waals surface area contributed by atoms with Crippen molar-refractivity contribution >= 4 is 22.7 Å². The lowest BCUT2D eigenvalue weighted by Crippen LogP contribution is -2.15. The van der Waals surface area contributed by atoms with Crippen LogP contribution in [-0.4, -0.2) is 24.3 Å². The number of amides is 1. The molecule has 0 saturated heterocycles. The molecule has 140 valence electrons. The second-order valence-corrected chi connectivity index (χ2v) is 6.55. The average molecular weight is 360 g/mol. The van der Waals surface area contributed by atoms with Crippen molar-refractivity contribution in [2.24, 2.45) is 5.92 Å². The lowest BCUT2D eigenvalue weighted by Gasteiger charge is -2.10. The predicted octanol–water partition coefficient (Wildman–Crippen LogP) is 4.02. The number of aryl methyl sites for hydroxylation is 1. The maximum Gasteiger partial charge on any atom is 0.411 e. The maximum atomic E-state index is 12.3. The summed E-state index contributed by atoms with van der Waals surface area (Å²) in [5.41, 5.74) is 0.900. The van der Waals surface area contributed by atoms with E-state index in [1.807, 2.05) is 0 Å². The third-order valence-electron chi connectivity index (χ3n) is 4.41. The molecule has 0 aliphatic heterocycles. The third kappa shape index (κ3) is 4.53. The molecule has 1 aliphatic rings. The normalized spacial score (nSPS) is 13.6. The molecule has 7 heteroatoms. The topological polar surface area (TPSA) is 90.7 Å². The van der Waals surface area contributed by atoms with Crippen LogP contribution >= 0.6 is 0 Å². The highest BCUT2D eigenvalue weighted by atomic mass is 16.6. The Kier molecular flexibility index (Phi) is 5.75. The van der Waals surface area contributed by atoms with Gasteiger partial charge in [-0.1, -0.05) is 25.3 Å². The molecule has 0 spiro atoms. The van der Waals surface area contributed by atoms with E-state index in [0.29, 0.717) is 28.8 Å². The van der Waals surface area contributed by atoms with E-state index in [2.05, 4.69) is 10.3 Å². The molecule has 2 aromatic rings. The van der Waals surface area contributed by atoms with Crippen molar-refractivity contribution in [3.8, 4) is 6.08 Å². The van der Waals surface area contributed by atoms with Crippen LogP contribution in [-0.2, 0) is 4.74 Å². The van der Waals surface area contributed by atoms with Gasteiger partial charge in [-0.15, -0.1) is 0 Å². The highest BCUT2D eigenvalue weighted by Gasteiger charge is 2.20. The van der Waals surface area contributed by atoms with Crippen LogP contribution in [0.5, 0.6) is 6.08 Å². The molecule has 1 saturated carbocycles. The molecular formula is C19H24N2O5. The Balaban J connectivity index is 1.77. The Morgan fingerprint density at radius 1 is 1.35 bits per heavy atom. The number of unbranched alkanes of at least 4 members (excludes halogenated alkanes) is 1. The van der Waals surface area contributed by atoms with Crippen LogP contribution in [0, 0.1) is 12.8 Å². The molecule has 1 heterocycles. The Morgan fingerprint density at radius 2 is 2.15 bits per heavy atom. The first kappa shape index (κ1) is 18.2. The highest BCUT2D eigenvalue weighted by molar-refractivity contribution is 5.98. The number of hydrogen-bond donors (Lipinski definition) is 1. The molecule has 1 fully saturated rings. The van der Waals surface area contributed by atoms with E-state index in [0.717, 1.165) is 18.8 Å². The van der Waals surface area contributed by atoms with Gasteiger partial charge in [0.05, 0.1) is 24.3 Å². The number of carbonyl (C=O) groups is 1. The molecule has 1 aromatic carbocycles. The minimum atomic E-state index is -0.602. The third-order valence-corrected chi connectivity index (χ3v) is 4.41. The van der Waals surface area contributed by atoms with Crippen molar-refractivity contribution in [2.75, 3.05) is 18.5 Å². The van der Waals surface area contributed by atoms with Crippen LogP contribution in [0.1, 0.15) is 44.6 Å². The van der Waals surface area contributed by atoms with Crippen LogP contribution in [0.15, 0.2) is 21.3 Å². The number of rotatable bonds is 8. The fraction of sp³-hybridized carbons (Fsp3) is 0.526. The second kappa shape index (κ2) is 8.21. The van der Waals surface area contributed by atoms with Crippen LogP contribution in [0.25, 0.3) is 10.9 Å². The molecule has 26 heavy (non-hydrogen) atoms. The Labute approximate surface area is 151 Å². The summed E-state index contributed by atoms with van der Waals surface area (Å²) in [7, 11) is 0. The lowest BCUT2D eigenvalue weighted by molar-refractivity contribution is 0.168. The van der Waals surface area contributed by atoms with Crippen LogP contribution in [0.3, 0.4) is 0 Å². The van der Waals surface area contributed by atoms with Gasteiger partial charge in [0, 0.05) is 0 Å². The Morgan fingerprint density at radius 3 is 2.88 bits per heavy atom. The molecule has 0 atom stereocenters. The van der Waals surface area contributed by atoms with E-state index in [4.69, 9.17) is 13.9 Å². The first-order valence-corrected chi connectivity index (χ1v) is 9.09. The van der Waals surface area contributed by atoms with Crippen molar-refractivity contribution in [2.45, 2.75) is 46.0 Å². The van der Waals surface area contributed by atoms with Gasteiger partial charge < -0.3 is 13.9 Å². The number of nitrogens with zero attached hydrogens (tertiary/aromatic N) is 1. The minimum Gasteiger partial charge on any atom is -0.450 e. The van der Waals surface area contributed by atoms with Gasteiger partial charge >= 0.3 is 17.8 Å². The summed E-state index contributed by atoms with van der Waals surface area (Å²) in [6.07, 6.45) is 5.22. The van der Waals surface area contributed by atoms with E-state index < -0.39 is 11.7 Å². The smallest absolute Gasteiger partial charge is 0.411 e. The van der Waals surface area contributed by atoms with Gasteiger partial charge in [-0.2, -0.15) is 4.98 Å². The SMILES string of the molecule is CCOC(=O)Nc1ccc(C)c2c(=O)oc(OCCCCC3CC3)nc12. The molecule has 1 N–H and O–H groups in total. The van der Waals surface area contributed by atoms with E-state index in [-0.39, 0.29) is 12.7 Å². The molecule has 0 unspecified atom stereocenters. The summed E-state index contributed by atoms with van der Waals surface area (Å²) < 4.78 is 15.6. The Hall–Kier alpha value is -2.57. The van der Waals surface area contributed by atoms with Gasteiger partial charge in [0.2, 0.25) is 0 Å². The number of benzene rings is 1. The van der Waals surface area contributed by atoms with Gasteiger partial charge in [0.1, 0.15) is 5.52 Å². The molecule has 0 radical (unpaired) electrons. The minimum absolute atomic E-state index is 0.0774. The number of nitrogens with one attached hydrogen (secondary N) is 1. The van der Waals surface area contributed by atoms with Gasteiger partial charge in [-0.25, -0.2) is 9.59 Å². The van der Waals surface area contributed by atoms with E-state index in [1.165, 1.54) is 19.3 Å². The quantitative estimate of drug-likeness (QED) is 0.715. The van der Waals surface area contributed by atoms with Crippen molar-refractivity contribution in [1.29, 1.82) is 0 Å². The van der Waals surface area contributed by atoms with Crippen LogP contribution < -0.4 is 15.7 Å². The van der Waals surface area contributed by atoms with Gasteiger partial charge in [-0.3, -0.25) is 5.32 Å². The number of hydrogen-bond acceptors (Lipinski definition) is 6. The standard InChI is InChI=1S/C19H24N2O5/c1-3-24-18(23)20-14-10-7-12(2)15-16(14)21-19(26-17(15)22)25-11-5-4-6-13-8-9-13/h7,10,13H,3-6,8-9,11H2,1-2H3,(H,20,23). The number of anilines is 1. The van der Waals surface area contributed by atoms with E-state index >= 15 is 0 Å². The zero-order valence-corrected chi connectivity index (χ0v) is 15.2. The summed E-state index contributed by atoms with van der Waals surface area (Å²) in [4.78, 5) is 28.4. The van der Waals surface area contributed by atoms with Crippen LogP contribution in [0.4, 0.5) is 10.5 Å². The van der Waals surface area contributed by atoms with E-state index in [9.17, 15) is 9.59 Å². The largest absolute Gasteiger partial charge is 0.450 e. The zero-order chi connectivity index (χ0) is 18.5. The van der Waals surface area contributed by atoms with Gasteiger partial charge in [0.15, 0.2) is 0 Å².